The molecule has 0 spiro atoms. The third kappa shape index (κ3) is 3.32. The Kier molecular flexibility index (Phi) is 4.30. The Morgan fingerprint density at radius 3 is 2.75 bits per heavy atom. The molecule has 20 heavy (non-hydrogen) atoms. The maximum absolute atomic E-state index is 13.4. The van der Waals surface area contributed by atoms with Gasteiger partial charge in [-0.1, -0.05) is 18.2 Å². The molecule has 0 aliphatic rings. The minimum atomic E-state index is -0.323. The number of carbonyl (C=O) groups excluding carboxylic acids is 1. The van der Waals surface area contributed by atoms with Gasteiger partial charge in [0.25, 0.3) is 5.91 Å². The first-order chi connectivity index (χ1) is 9.58. The molecule has 0 radical (unpaired) electrons. The summed E-state index contributed by atoms with van der Waals surface area (Å²) < 4.78 is 13.4. The second-order valence-corrected chi connectivity index (χ2v) is 4.57. The van der Waals surface area contributed by atoms with Crippen LogP contribution < -0.4 is 10.2 Å². The molecule has 0 fully saturated rings. The number of aromatic nitrogens is 1. The topological polar surface area (TPSA) is 45.2 Å². The summed E-state index contributed by atoms with van der Waals surface area (Å²) in [6.45, 7) is 0.158. The van der Waals surface area contributed by atoms with E-state index in [4.69, 9.17) is 0 Å². The fourth-order valence-corrected chi connectivity index (χ4v) is 1.72. The first-order valence-corrected chi connectivity index (χ1v) is 6.23. The maximum Gasteiger partial charge on any atom is 0.251 e. The van der Waals surface area contributed by atoms with E-state index in [2.05, 4.69) is 10.3 Å². The maximum atomic E-state index is 13.4. The van der Waals surface area contributed by atoms with E-state index in [-0.39, 0.29) is 18.3 Å². The number of rotatable bonds is 4. The number of carbonyl (C=O) groups is 1. The van der Waals surface area contributed by atoms with E-state index in [9.17, 15) is 9.18 Å². The lowest BCUT2D eigenvalue weighted by atomic mass is 10.2. The van der Waals surface area contributed by atoms with Crippen molar-refractivity contribution in [2.45, 2.75) is 6.54 Å². The van der Waals surface area contributed by atoms with Gasteiger partial charge in [-0.25, -0.2) is 9.37 Å². The number of amides is 1. The van der Waals surface area contributed by atoms with E-state index in [0.29, 0.717) is 16.9 Å². The number of benzene rings is 1. The third-order valence-electron chi connectivity index (χ3n) is 2.86. The Balaban J connectivity index is 2.05. The Morgan fingerprint density at radius 1 is 1.30 bits per heavy atom. The average Bonchev–Trinajstić information content (AvgIpc) is 2.46. The van der Waals surface area contributed by atoms with Crippen molar-refractivity contribution >= 4 is 11.7 Å². The van der Waals surface area contributed by atoms with E-state index in [1.807, 2.05) is 19.0 Å². The first-order valence-electron chi connectivity index (χ1n) is 6.23. The van der Waals surface area contributed by atoms with Crippen LogP contribution in [0.5, 0.6) is 0 Å². The molecule has 104 valence electrons. The number of halogens is 1. The molecule has 0 bridgehead atoms. The van der Waals surface area contributed by atoms with Crippen LogP contribution in [-0.4, -0.2) is 25.0 Å². The standard InChI is InChI=1S/C15H16FN3O/c1-19(2)14-9-11(7-8-17-14)15(20)18-10-12-5-3-4-6-13(12)16/h3-9H,10H2,1-2H3,(H,18,20). The molecule has 5 heteroatoms. The smallest absolute Gasteiger partial charge is 0.251 e. The van der Waals surface area contributed by atoms with Crippen LogP contribution in [0.25, 0.3) is 0 Å². The van der Waals surface area contributed by atoms with Crippen molar-refractivity contribution in [3.8, 4) is 0 Å². The number of nitrogens with zero attached hydrogens (tertiary/aromatic N) is 2. The van der Waals surface area contributed by atoms with Crippen LogP contribution in [-0.2, 0) is 6.54 Å². The van der Waals surface area contributed by atoms with Crippen molar-refractivity contribution in [3.63, 3.8) is 0 Å². The average molecular weight is 273 g/mol. The number of hydrogen-bond donors (Lipinski definition) is 1. The highest BCUT2D eigenvalue weighted by Gasteiger charge is 2.08. The van der Waals surface area contributed by atoms with Crippen molar-refractivity contribution in [1.82, 2.24) is 10.3 Å². The minimum absolute atomic E-state index is 0.158. The highest BCUT2D eigenvalue weighted by atomic mass is 19.1. The van der Waals surface area contributed by atoms with Crippen LogP contribution in [0.15, 0.2) is 42.6 Å². The zero-order valence-corrected chi connectivity index (χ0v) is 11.4. The molecule has 1 amide bonds. The van der Waals surface area contributed by atoms with Crippen LogP contribution in [0.1, 0.15) is 15.9 Å². The van der Waals surface area contributed by atoms with Gasteiger partial charge in [0.05, 0.1) is 0 Å². The van der Waals surface area contributed by atoms with Crippen LogP contribution in [0, 0.1) is 5.82 Å². The fraction of sp³-hybridized carbons (Fsp3) is 0.200. The lowest BCUT2D eigenvalue weighted by Gasteiger charge is -2.12. The Morgan fingerprint density at radius 2 is 2.05 bits per heavy atom. The van der Waals surface area contributed by atoms with Gasteiger partial charge in [-0.05, 0) is 18.2 Å². The summed E-state index contributed by atoms with van der Waals surface area (Å²) in [5.74, 6) is 0.124. The largest absolute Gasteiger partial charge is 0.363 e. The zero-order valence-electron chi connectivity index (χ0n) is 11.4. The summed E-state index contributed by atoms with van der Waals surface area (Å²) in [5.41, 5.74) is 0.961. The van der Waals surface area contributed by atoms with Gasteiger partial charge in [-0.15, -0.1) is 0 Å². The molecule has 1 N–H and O–H groups in total. The molecule has 1 heterocycles. The number of anilines is 1. The second-order valence-electron chi connectivity index (χ2n) is 4.57. The van der Waals surface area contributed by atoms with Gasteiger partial charge in [0.15, 0.2) is 0 Å². The highest BCUT2D eigenvalue weighted by molar-refractivity contribution is 5.94. The van der Waals surface area contributed by atoms with Crippen LogP contribution >= 0.6 is 0 Å². The van der Waals surface area contributed by atoms with Gasteiger partial charge in [-0.2, -0.15) is 0 Å². The highest BCUT2D eigenvalue weighted by Crippen LogP contribution is 2.10. The molecular weight excluding hydrogens is 257 g/mol. The Bertz CT molecular complexity index is 614. The quantitative estimate of drug-likeness (QED) is 0.929. The molecule has 4 nitrogen and oxygen atoms in total. The summed E-state index contributed by atoms with van der Waals surface area (Å²) in [4.78, 5) is 18.0. The molecule has 2 rings (SSSR count). The summed E-state index contributed by atoms with van der Waals surface area (Å²) >= 11 is 0. The Hall–Kier alpha value is -2.43. The van der Waals surface area contributed by atoms with Crippen LogP contribution in [0.3, 0.4) is 0 Å². The monoisotopic (exact) mass is 273 g/mol. The summed E-state index contributed by atoms with van der Waals surface area (Å²) in [6.07, 6.45) is 1.58. The van der Waals surface area contributed by atoms with E-state index in [1.165, 1.54) is 6.07 Å². The molecule has 0 saturated carbocycles. The van der Waals surface area contributed by atoms with Gasteiger partial charge < -0.3 is 10.2 Å². The van der Waals surface area contributed by atoms with Gasteiger partial charge >= 0.3 is 0 Å². The van der Waals surface area contributed by atoms with Gasteiger partial charge in [0.1, 0.15) is 11.6 Å². The van der Waals surface area contributed by atoms with Gasteiger partial charge in [0, 0.05) is 38.0 Å². The molecule has 0 aliphatic carbocycles. The van der Waals surface area contributed by atoms with Crippen LogP contribution in [0.4, 0.5) is 10.2 Å². The molecular formula is C15H16FN3O. The summed E-state index contributed by atoms with van der Waals surface area (Å²) in [5, 5.41) is 2.70. The molecule has 1 aromatic carbocycles. The fourth-order valence-electron chi connectivity index (χ4n) is 1.72. The van der Waals surface area contributed by atoms with Crippen molar-refractivity contribution in [2.75, 3.05) is 19.0 Å². The molecule has 0 saturated heterocycles. The van der Waals surface area contributed by atoms with Crippen molar-refractivity contribution in [1.29, 1.82) is 0 Å². The normalized spacial score (nSPS) is 10.2. The van der Waals surface area contributed by atoms with Crippen molar-refractivity contribution in [3.05, 3.63) is 59.5 Å². The number of hydrogen-bond acceptors (Lipinski definition) is 3. The number of nitrogens with one attached hydrogen (secondary N) is 1. The molecule has 1 aromatic heterocycles. The van der Waals surface area contributed by atoms with Crippen LogP contribution in [0.2, 0.25) is 0 Å². The lowest BCUT2D eigenvalue weighted by Crippen LogP contribution is -2.24. The minimum Gasteiger partial charge on any atom is -0.363 e. The van der Waals surface area contributed by atoms with Crippen molar-refractivity contribution < 1.29 is 9.18 Å². The predicted molar refractivity (Wildman–Crippen MR) is 76.1 cm³/mol. The van der Waals surface area contributed by atoms with E-state index < -0.39 is 0 Å². The zero-order chi connectivity index (χ0) is 14.5. The number of pyridine rings is 1. The first kappa shape index (κ1) is 14.0. The predicted octanol–water partition coefficient (Wildman–Crippen LogP) is 2.22. The molecule has 0 unspecified atom stereocenters. The molecule has 0 aliphatic heterocycles. The second kappa shape index (κ2) is 6.14. The molecule has 0 atom stereocenters. The van der Waals surface area contributed by atoms with Crippen molar-refractivity contribution in [2.24, 2.45) is 0 Å². The van der Waals surface area contributed by atoms with E-state index in [0.717, 1.165) is 0 Å². The SMILES string of the molecule is CN(C)c1cc(C(=O)NCc2ccccc2F)ccn1. The van der Waals surface area contributed by atoms with Gasteiger partial charge in [0.2, 0.25) is 0 Å². The summed E-state index contributed by atoms with van der Waals surface area (Å²) in [6, 6.07) is 9.69. The van der Waals surface area contributed by atoms with E-state index >= 15 is 0 Å². The third-order valence-corrected chi connectivity index (χ3v) is 2.86. The van der Waals surface area contributed by atoms with Gasteiger partial charge in [-0.3, -0.25) is 4.79 Å². The Labute approximate surface area is 117 Å². The lowest BCUT2D eigenvalue weighted by molar-refractivity contribution is 0.0950. The molecule has 2 aromatic rings. The summed E-state index contributed by atoms with van der Waals surface area (Å²) in [7, 11) is 3.70. The van der Waals surface area contributed by atoms with E-state index in [1.54, 1.807) is 36.5 Å².